The zero-order valence-corrected chi connectivity index (χ0v) is 17.1. The maximum atomic E-state index is 12.5. The molecule has 1 N–H and O–H groups in total. The molecule has 27 heavy (non-hydrogen) atoms. The SMILES string of the molecule is CN(C)c1ccc([C@@H](CNC(=O)C(C)(C)C)N2CCc3ccccc32)cc1. The topological polar surface area (TPSA) is 35.6 Å². The van der Waals surface area contributed by atoms with Gasteiger partial charge in [-0.3, -0.25) is 4.79 Å². The number of nitrogens with zero attached hydrogens (tertiary/aromatic N) is 2. The van der Waals surface area contributed by atoms with Crippen LogP contribution in [-0.4, -0.2) is 33.1 Å². The fraction of sp³-hybridized carbons (Fsp3) is 0.435. The minimum atomic E-state index is -0.387. The van der Waals surface area contributed by atoms with Crippen LogP contribution < -0.4 is 15.1 Å². The van der Waals surface area contributed by atoms with Crippen LogP contribution in [0.4, 0.5) is 11.4 Å². The average Bonchev–Trinajstić information content (AvgIpc) is 3.05. The summed E-state index contributed by atoms with van der Waals surface area (Å²) in [6, 6.07) is 17.4. The highest BCUT2D eigenvalue weighted by molar-refractivity contribution is 5.81. The predicted octanol–water partition coefficient (Wildman–Crippen LogP) is 4.02. The van der Waals surface area contributed by atoms with Crippen LogP contribution in [0.15, 0.2) is 48.5 Å². The van der Waals surface area contributed by atoms with E-state index in [2.05, 4.69) is 63.6 Å². The van der Waals surface area contributed by atoms with E-state index in [0.29, 0.717) is 6.54 Å². The van der Waals surface area contributed by atoms with Crippen LogP contribution in [0.3, 0.4) is 0 Å². The van der Waals surface area contributed by atoms with E-state index in [1.165, 1.54) is 22.5 Å². The molecule has 2 aromatic carbocycles. The maximum absolute atomic E-state index is 12.5. The molecule has 4 nitrogen and oxygen atoms in total. The normalized spacial score (nSPS) is 14.6. The number of carbonyl (C=O) groups is 1. The molecule has 0 saturated heterocycles. The van der Waals surface area contributed by atoms with E-state index < -0.39 is 0 Å². The zero-order valence-electron chi connectivity index (χ0n) is 17.1. The van der Waals surface area contributed by atoms with E-state index in [9.17, 15) is 4.79 Å². The molecule has 0 aliphatic carbocycles. The van der Waals surface area contributed by atoms with Crippen molar-refractivity contribution in [2.75, 3.05) is 37.0 Å². The van der Waals surface area contributed by atoms with Crippen molar-refractivity contribution < 1.29 is 4.79 Å². The fourth-order valence-corrected chi connectivity index (χ4v) is 3.54. The van der Waals surface area contributed by atoms with Crippen LogP contribution in [0.1, 0.15) is 37.9 Å². The number of fused-ring (bicyclic) bond motifs is 1. The van der Waals surface area contributed by atoms with Crippen LogP contribution in [0.25, 0.3) is 0 Å². The molecule has 1 aliphatic heterocycles. The van der Waals surface area contributed by atoms with E-state index in [-0.39, 0.29) is 17.4 Å². The Labute approximate surface area is 163 Å². The van der Waals surface area contributed by atoms with Gasteiger partial charge in [-0.25, -0.2) is 0 Å². The summed E-state index contributed by atoms with van der Waals surface area (Å²) < 4.78 is 0. The molecule has 0 unspecified atom stereocenters. The number of hydrogen-bond donors (Lipinski definition) is 1. The number of anilines is 2. The summed E-state index contributed by atoms with van der Waals surface area (Å²) in [4.78, 5) is 17.0. The quantitative estimate of drug-likeness (QED) is 0.869. The second kappa shape index (κ2) is 7.63. The first-order valence-electron chi connectivity index (χ1n) is 9.67. The lowest BCUT2D eigenvalue weighted by Crippen LogP contribution is -2.41. The first-order valence-corrected chi connectivity index (χ1v) is 9.67. The lowest BCUT2D eigenvalue weighted by molar-refractivity contribution is -0.128. The zero-order chi connectivity index (χ0) is 19.6. The van der Waals surface area contributed by atoms with E-state index in [1.54, 1.807) is 0 Å². The van der Waals surface area contributed by atoms with Gasteiger partial charge in [0.25, 0.3) is 0 Å². The van der Waals surface area contributed by atoms with Gasteiger partial charge >= 0.3 is 0 Å². The number of para-hydroxylation sites is 1. The predicted molar refractivity (Wildman–Crippen MR) is 113 cm³/mol. The van der Waals surface area contributed by atoms with Crippen molar-refractivity contribution in [3.63, 3.8) is 0 Å². The Morgan fingerprint density at radius 1 is 1.11 bits per heavy atom. The number of amides is 1. The van der Waals surface area contributed by atoms with Gasteiger partial charge in [0.1, 0.15) is 0 Å². The van der Waals surface area contributed by atoms with Gasteiger partial charge in [0.15, 0.2) is 0 Å². The molecule has 0 bridgehead atoms. The van der Waals surface area contributed by atoms with Gasteiger partial charge in [-0.05, 0) is 35.7 Å². The summed E-state index contributed by atoms with van der Waals surface area (Å²) in [5.74, 6) is 0.0879. The maximum Gasteiger partial charge on any atom is 0.225 e. The molecular weight excluding hydrogens is 334 g/mol. The van der Waals surface area contributed by atoms with Gasteiger partial charge < -0.3 is 15.1 Å². The molecule has 4 heteroatoms. The first-order chi connectivity index (χ1) is 12.8. The summed E-state index contributed by atoms with van der Waals surface area (Å²) >= 11 is 0. The van der Waals surface area contributed by atoms with Crippen molar-refractivity contribution >= 4 is 17.3 Å². The highest BCUT2D eigenvalue weighted by Gasteiger charge is 2.29. The Kier molecular flexibility index (Phi) is 5.45. The van der Waals surface area contributed by atoms with E-state index in [4.69, 9.17) is 0 Å². The number of nitrogens with one attached hydrogen (secondary N) is 1. The molecule has 0 saturated carbocycles. The molecule has 0 fully saturated rings. The summed E-state index contributed by atoms with van der Waals surface area (Å²) in [6.07, 6.45) is 1.05. The number of hydrogen-bond acceptors (Lipinski definition) is 3. The minimum Gasteiger partial charge on any atom is -0.378 e. The van der Waals surface area contributed by atoms with Crippen LogP contribution in [0.5, 0.6) is 0 Å². The third kappa shape index (κ3) is 4.26. The largest absolute Gasteiger partial charge is 0.378 e. The van der Waals surface area contributed by atoms with Gasteiger partial charge in [0.05, 0.1) is 6.04 Å². The highest BCUT2D eigenvalue weighted by Crippen LogP contribution is 2.35. The molecule has 0 aromatic heterocycles. The Bertz CT molecular complexity index is 790. The van der Waals surface area contributed by atoms with Crippen molar-refractivity contribution in [1.29, 1.82) is 0 Å². The Balaban J connectivity index is 1.88. The summed E-state index contributed by atoms with van der Waals surface area (Å²) in [7, 11) is 4.10. The van der Waals surface area contributed by atoms with Crippen molar-refractivity contribution in [3.05, 3.63) is 59.7 Å². The molecule has 1 aliphatic rings. The number of benzene rings is 2. The van der Waals surface area contributed by atoms with E-state index in [1.807, 2.05) is 34.9 Å². The molecule has 3 rings (SSSR count). The number of carbonyl (C=O) groups excluding carboxylic acids is 1. The second-order valence-electron chi connectivity index (χ2n) is 8.53. The standard InChI is InChI=1S/C23H31N3O/c1-23(2,3)22(27)24-16-21(18-10-12-19(13-11-18)25(4)5)26-15-14-17-8-6-7-9-20(17)26/h6-13,21H,14-16H2,1-5H3,(H,24,27)/t21-/m1/s1. The molecule has 1 amide bonds. The van der Waals surface area contributed by atoms with Gasteiger partial charge in [-0.2, -0.15) is 0 Å². The van der Waals surface area contributed by atoms with Crippen molar-refractivity contribution in [2.24, 2.45) is 5.41 Å². The van der Waals surface area contributed by atoms with Crippen LogP contribution in [0, 0.1) is 5.41 Å². The molecule has 2 aromatic rings. The fourth-order valence-electron chi connectivity index (χ4n) is 3.54. The monoisotopic (exact) mass is 365 g/mol. The van der Waals surface area contributed by atoms with E-state index >= 15 is 0 Å². The lowest BCUT2D eigenvalue weighted by Gasteiger charge is -2.32. The molecule has 1 atom stereocenters. The summed E-state index contributed by atoms with van der Waals surface area (Å²) in [5.41, 5.74) is 4.69. The molecule has 144 valence electrons. The minimum absolute atomic E-state index is 0.0879. The Morgan fingerprint density at radius 3 is 2.41 bits per heavy atom. The van der Waals surface area contributed by atoms with Gasteiger partial charge in [-0.1, -0.05) is 51.1 Å². The third-order valence-corrected chi connectivity index (χ3v) is 5.23. The summed E-state index contributed by atoms with van der Waals surface area (Å²) in [5, 5.41) is 3.18. The van der Waals surface area contributed by atoms with E-state index in [0.717, 1.165) is 13.0 Å². The molecule has 0 spiro atoms. The Morgan fingerprint density at radius 2 is 1.78 bits per heavy atom. The highest BCUT2D eigenvalue weighted by atomic mass is 16.2. The third-order valence-electron chi connectivity index (χ3n) is 5.23. The Hall–Kier alpha value is -2.49. The van der Waals surface area contributed by atoms with Crippen LogP contribution in [-0.2, 0) is 11.2 Å². The van der Waals surface area contributed by atoms with Crippen molar-refractivity contribution in [1.82, 2.24) is 5.32 Å². The smallest absolute Gasteiger partial charge is 0.225 e. The number of rotatable bonds is 5. The summed E-state index contributed by atoms with van der Waals surface area (Å²) in [6.45, 7) is 7.44. The molecule has 1 heterocycles. The van der Waals surface area contributed by atoms with Gasteiger partial charge in [0.2, 0.25) is 5.91 Å². The van der Waals surface area contributed by atoms with Crippen LogP contribution >= 0.6 is 0 Å². The van der Waals surface area contributed by atoms with Gasteiger partial charge in [0, 0.05) is 44.0 Å². The van der Waals surface area contributed by atoms with Crippen molar-refractivity contribution in [3.8, 4) is 0 Å². The first kappa shape index (κ1) is 19.3. The second-order valence-corrected chi connectivity index (χ2v) is 8.53. The average molecular weight is 366 g/mol. The molecular formula is C23H31N3O. The molecule has 0 radical (unpaired) electrons. The van der Waals surface area contributed by atoms with Crippen molar-refractivity contribution in [2.45, 2.75) is 33.2 Å². The van der Waals surface area contributed by atoms with Crippen LogP contribution in [0.2, 0.25) is 0 Å². The lowest BCUT2D eigenvalue weighted by atomic mass is 9.95. The van der Waals surface area contributed by atoms with Gasteiger partial charge in [-0.15, -0.1) is 0 Å².